The topological polar surface area (TPSA) is 71.2 Å². The SMILES string of the molecule is Oc1ccccc1Cc1nc(C2CCCNC2)no1. The van der Waals surface area contributed by atoms with Crippen LogP contribution in [0.5, 0.6) is 5.75 Å². The molecule has 1 aliphatic heterocycles. The maximum Gasteiger partial charge on any atom is 0.231 e. The van der Waals surface area contributed by atoms with Crippen LogP contribution in [0, 0.1) is 0 Å². The van der Waals surface area contributed by atoms with E-state index in [9.17, 15) is 5.11 Å². The van der Waals surface area contributed by atoms with Crippen molar-refractivity contribution >= 4 is 0 Å². The van der Waals surface area contributed by atoms with E-state index in [0.717, 1.165) is 37.3 Å². The molecule has 2 heterocycles. The smallest absolute Gasteiger partial charge is 0.231 e. The minimum Gasteiger partial charge on any atom is -0.508 e. The molecule has 0 saturated carbocycles. The van der Waals surface area contributed by atoms with Crippen molar-refractivity contribution in [2.24, 2.45) is 0 Å². The molecular weight excluding hydrogens is 242 g/mol. The Morgan fingerprint density at radius 3 is 3.05 bits per heavy atom. The summed E-state index contributed by atoms with van der Waals surface area (Å²) in [6.07, 6.45) is 2.72. The predicted octanol–water partition coefficient (Wildman–Crippen LogP) is 1.83. The summed E-state index contributed by atoms with van der Waals surface area (Å²) in [5, 5.41) is 17.1. The minimum absolute atomic E-state index is 0.265. The van der Waals surface area contributed by atoms with Gasteiger partial charge in [-0.25, -0.2) is 0 Å². The second-order valence-corrected chi connectivity index (χ2v) is 4.90. The third-order valence-corrected chi connectivity index (χ3v) is 3.48. The lowest BCUT2D eigenvalue weighted by molar-refractivity contribution is 0.364. The Bertz CT molecular complexity index is 547. The molecule has 0 bridgehead atoms. The standard InChI is InChI=1S/C14H17N3O2/c18-12-6-2-1-4-10(12)8-13-16-14(17-19-13)11-5-3-7-15-9-11/h1-2,4,6,11,15,18H,3,5,7-9H2. The van der Waals surface area contributed by atoms with Crippen LogP contribution >= 0.6 is 0 Å². The number of benzene rings is 1. The summed E-state index contributed by atoms with van der Waals surface area (Å²) in [5.41, 5.74) is 0.805. The molecule has 3 rings (SSSR count). The van der Waals surface area contributed by atoms with E-state index < -0.39 is 0 Å². The fraction of sp³-hybridized carbons (Fsp3) is 0.429. The van der Waals surface area contributed by atoms with Crippen molar-refractivity contribution in [1.82, 2.24) is 15.5 Å². The lowest BCUT2D eigenvalue weighted by Crippen LogP contribution is -2.28. The lowest BCUT2D eigenvalue weighted by Gasteiger charge is -2.19. The molecule has 19 heavy (non-hydrogen) atoms. The van der Waals surface area contributed by atoms with Crippen LogP contribution in [-0.4, -0.2) is 28.3 Å². The highest BCUT2D eigenvalue weighted by molar-refractivity contribution is 5.33. The van der Waals surface area contributed by atoms with E-state index >= 15 is 0 Å². The summed E-state index contributed by atoms with van der Waals surface area (Å²) >= 11 is 0. The molecule has 5 heteroatoms. The van der Waals surface area contributed by atoms with Crippen LogP contribution in [0.15, 0.2) is 28.8 Å². The van der Waals surface area contributed by atoms with E-state index in [-0.39, 0.29) is 5.75 Å². The van der Waals surface area contributed by atoms with Gasteiger partial charge in [0.05, 0.1) is 6.42 Å². The molecule has 0 spiro atoms. The van der Waals surface area contributed by atoms with Crippen molar-refractivity contribution in [1.29, 1.82) is 0 Å². The number of aromatic nitrogens is 2. The summed E-state index contributed by atoms with van der Waals surface area (Å²) in [6.45, 7) is 1.98. The normalized spacial score (nSPS) is 19.5. The molecule has 0 radical (unpaired) electrons. The van der Waals surface area contributed by atoms with Crippen LogP contribution in [0.25, 0.3) is 0 Å². The van der Waals surface area contributed by atoms with Crippen molar-refractivity contribution in [2.75, 3.05) is 13.1 Å². The van der Waals surface area contributed by atoms with E-state index in [0.29, 0.717) is 18.2 Å². The van der Waals surface area contributed by atoms with Crippen LogP contribution in [0.1, 0.15) is 36.0 Å². The number of rotatable bonds is 3. The Hall–Kier alpha value is -1.88. The number of hydrogen-bond donors (Lipinski definition) is 2. The number of hydrogen-bond acceptors (Lipinski definition) is 5. The highest BCUT2D eigenvalue weighted by Crippen LogP contribution is 2.23. The van der Waals surface area contributed by atoms with Crippen LogP contribution in [0.4, 0.5) is 0 Å². The van der Waals surface area contributed by atoms with Gasteiger partial charge in [-0.15, -0.1) is 0 Å². The molecule has 2 aromatic rings. The lowest BCUT2D eigenvalue weighted by atomic mass is 9.99. The molecule has 1 unspecified atom stereocenters. The van der Waals surface area contributed by atoms with Gasteiger partial charge in [-0.1, -0.05) is 23.4 Å². The molecule has 2 N–H and O–H groups in total. The first-order valence-corrected chi connectivity index (χ1v) is 6.63. The second kappa shape index (κ2) is 5.40. The van der Waals surface area contributed by atoms with E-state index in [1.165, 1.54) is 0 Å². The molecule has 1 saturated heterocycles. The maximum atomic E-state index is 9.73. The van der Waals surface area contributed by atoms with E-state index in [2.05, 4.69) is 15.5 Å². The van der Waals surface area contributed by atoms with Crippen LogP contribution < -0.4 is 5.32 Å². The Morgan fingerprint density at radius 2 is 2.26 bits per heavy atom. The van der Waals surface area contributed by atoms with Gasteiger partial charge in [-0.3, -0.25) is 0 Å². The van der Waals surface area contributed by atoms with Crippen molar-refractivity contribution in [3.05, 3.63) is 41.5 Å². The number of piperidine rings is 1. The first-order valence-electron chi connectivity index (χ1n) is 6.63. The maximum absolute atomic E-state index is 9.73. The van der Waals surface area contributed by atoms with Gasteiger partial charge in [-0.2, -0.15) is 4.98 Å². The van der Waals surface area contributed by atoms with Gasteiger partial charge in [0, 0.05) is 18.0 Å². The highest BCUT2D eigenvalue weighted by atomic mass is 16.5. The third-order valence-electron chi connectivity index (χ3n) is 3.48. The monoisotopic (exact) mass is 259 g/mol. The molecular formula is C14H17N3O2. The number of nitrogens with one attached hydrogen (secondary N) is 1. The Labute approximate surface area is 111 Å². The Morgan fingerprint density at radius 1 is 1.37 bits per heavy atom. The fourth-order valence-electron chi connectivity index (χ4n) is 2.40. The summed E-state index contributed by atoms with van der Waals surface area (Å²) in [5.74, 6) is 1.94. The first kappa shape index (κ1) is 12.2. The van der Waals surface area contributed by atoms with Gasteiger partial charge in [0.1, 0.15) is 5.75 Å². The van der Waals surface area contributed by atoms with Crippen molar-refractivity contribution in [2.45, 2.75) is 25.2 Å². The third kappa shape index (κ3) is 2.76. The van der Waals surface area contributed by atoms with E-state index in [1.807, 2.05) is 12.1 Å². The number of phenols is 1. The Kier molecular flexibility index (Phi) is 3.46. The molecule has 1 aromatic carbocycles. The molecule has 0 amide bonds. The van der Waals surface area contributed by atoms with Gasteiger partial charge < -0.3 is 14.9 Å². The quantitative estimate of drug-likeness (QED) is 0.880. The molecule has 1 fully saturated rings. The molecule has 1 aliphatic rings. The average molecular weight is 259 g/mol. The first-order chi connectivity index (χ1) is 9.33. The molecule has 1 aromatic heterocycles. The summed E-state index contributed by atoms with van der Waals surface area (Å²) in [6, 6.07) is 7.21. The van der Waals surface area contributed by atoms with Crippen LogP contribution in [-0.2, 0) is 6.42 Å². The van der Waals surface area contributed by atoms with E-state index in [1.54, 1.807) is 12.1 Å². The minimum atomic E-state index is 0.265. The van der Waals surface area contributed by atoms with Gasteiger partial charge in [0.15, 0.2) is 5.82 Å². The van der Waals surface area contributed by atoms with Crippen LogP contribution in [0.3, 0.4) is 0 Å². The van der Waals surface area contributed by atoms with Gasteiger partial charge >= 0.3 is 0 Å². The number of phenolic OH excluding ortho intramolecular Hbond substituents is 1. The van der Waals surface area contributed by atoms with Gasteiger partial charge in [-0.05, 0) is 25.5 Å². The number of para-hydroxylation sites is 1. The zero-order valence-electron chi connectivity index (χ0n) is 10.7. The van der Waals surface area contributed by atoms with E-state index in [4.69, 9.17) is 4.52 Å². The van der Waals surface area contributed by atoms with Crippen molar-refractivity contribution in [3.8, 4) is 5.75 Å². The second-order valence-electron chi connectivity index (χ2n) is 4.90. The Balaban J connectivity index is 1.73. The fourth-order valence-corrected chi connectivity index (χ4v) is 2.40. The summed E-state index contributed by atoms with van der Waals surface area (Å²) in [7, 11) is 0. The van der Waals surface area contributed by atoms with Gasteiger partial charge in [0.2, 0.25) is 5.89 Å². The predicted molar refractivity (Wildman–Crippen MR) is 70.1 cm³/mol. The summed E-state index contributed by atoms with van der Waals surface area (Å²) in [4.78, 5) is 4.44. The van der Waals surface area contributed by atoms with Crippen molar-refractivity contribution < 1.29 is 9.63 Å². The average Bonchev–Trinajstić information content (AvgIpc) is 2.91. The largest absolute Gasteiger partial charge is 0.508 e. The zero-order chi connectivity index (χ0) is 13.1. The van der Waals surface area contributed by atoms with Gasteiger partial charge in [0.25, 0.3) is 0 Å². The molecule has 100 valence electrons. The number of aromatic hydroxyl groups is 1. The molecule has 1 atom stereocenters. The van der Waals surface area contributed by atoms with Crippen molar-refractivity contribution in [3.63, 3.8) is 0 Å². The van der Waals surface area contributed by atoms with Crippen LogP contribution in [0.2, 0.25) is 0 Å². The molecule has 5 nitrogen and oxygen atoms in total. The molecule has 0 aliphatic carbocycles. The highest BCUT2D eigenvalue weighted by Gasteiger charge is 2.20. The zero-order valence-corrected chi connectivity index (χ0v) is 10.7. The summed E-state index contributed by atoms with van der Waals surface area (Å²) < 4.78 is 5.28. The number of nitrogens with zero attached hydrogens (tertiary/aromatic N) is 2.